The van der Waals surface area contributed by atoms with E-state index in [1.165, 1.54) is 19.3 Å². The molecule has 0 saturated heterocycles. The van der Waals surface area contributed by atoms with E-state index in [2.05, 4.69) is 27.7 Å². The second-order valence-corrected chi connectivity index (χ2v) is 5.90. The van der Waals surface area contributed by atoms with Gasteiger partial charge in [0.05, 0.1) is 5.60 Å². The average molecular weight is 196 g/mol. The van der Waals surface area contributed by atoms with E-state index in [0.717, 1.165) is 24.9 Å². The summed E-state index contributed by atoms with van der Waals surface area (Å²) >= 11 is 0. The second kappa shape index (κ2) is 3.23. The summed E-state index contributed by atoms with van der Waals surface area (Å²) in [5.41, 5.74) is 0.716. The van der Waals surface area contributed by atoms with Gasteiger partial charge in [0, 0.05) is 6.61 Å². The van der Waals surface area contributed by atoms with E-state index >= 15 is 0 Å². The maximum Gasteiger partial charge on any atom is 0.0773 e. The maximum absolute atomic E-state index is 6.18. The smallest absolute Gasteiger partial charge is 0.0773 e. The molecule has 1 heteroatoms. The number of rotatable bonds is 3. The third-order valence-electron chi connectivity index (χ3n) is 4.60. The summed E-state index contributed by atoms with van der Waals surface area (Å²) in [6.45, 7) is 10.3. The van der Waals surface area contributed by atoms with Crippen LogP contribution < -0.4 is 0 Å². The summed E-state index contributed by atoms with van der Waals surface area (Å²) in [5.74, 6) is 1.71. The number of hydrogen-bond acceptors (Lipinski definition) is 1. The minimum Gasteiger partial charge on any atom is -0.374 e. The zero-order chi connectivity index (χ0) is 10.4. The lowest BCUT2D eigenvalue weighted by atomic mass is 9.88. The van der Waals surface area contributed by atoms with Crippen LogP contribution in [0.25, 0.3) is 0 Å². The molecule has 2 fully saturated rings. The van der Waals surface area contributed by atoms with Crippen LogP contribution in [0.1, 0.15) is 53.4 Å². The van der Waals surface area contributed by atoms with Crippen LogP contribution in [0.3, 0.4) is 0 Å². The van der Waals surface area contributed by atoms with Gasteiger partial charge in [-0.25, -0.2) is 0 Å². The van der Waals surface area contributed by atoms with Crippen LogP contribution in [0.15, 0.2) is 0 Å². The Morgan fingerprint density at radius 3 is 2.64 bits per heavy atom. The molecule has 0 aliphatic heterocycles. The predicted molar refractivity (Wildman–Crippen MR) is 59.3 cm³/mol. The highest BCUT2D eigenvalue weighted by molar-refractivity contribution is 5.22. The van der Waals surface area contributed by atoms with Crippen LogP contribution in [0, 0.1) is 17.3 Å². The second-order valence-electron chi connectivity index (χ2n) is 5.90. The Hall–Kier alpha value is -0.0400. The molecule has 0 bridgehead atoms. The fourth-order valence-corrected chi connectivity index (χ4v) is 3.62. The Morgan fingerprint density at radius 2 is 2.00 bits per heavy atom. The SMILES string of the molecule is CCCOC12CC(C)CCC1C2(C)C. The van der Waals surface area contributed by atoms with Crippen LogP contribution in [0.4, 0.5) is 0 Å². The lowest BCUT2D eigenvalue weighted by molar-refractivity contribution is -0.0248. The molecular weight excluding hydrogens is 172 g/mol. The highest BCUT2D eigenvalue weighted by Crippen LogP contribution is 2.70. The molecule has 0 spiro atoms. The molecule has 2 aliphatic carbocycles. The monoisotopic (exact) mass is 196 g/mol. The third kappa shape index (κ3) is 1.25. The molecule has 0 aromatic rings. The molecule has 0 N–H and O–H groups in total. The minimum atomic E-state index is 0.265. The summed E-state index contributed by atoms with van der Waals surface area (Å²) in [6.07, 6.45) is 5.24. The average Bonchev–Trinajstić information content (AvgIpc) is 2.60. The standard InChI is InChI=1S/C13H24O/c1-5-8-14-13-9-10(2)6-7-11(13)12(13,3)4/h10-11H,5-9H2,1-4H3. The van der Waals surface area contributed by atoms with Crippen molar-refractivity contribution >= 4 is 0 Å². The predicted octanol–water partition coefficient (Wildman–Crippen LogP) is 3.63. The maximum atomic E-state index is 6.18. The summed E-state index contributed by atoms with van der Waals surface area (Å²) in [7, 11) is 0. The molecule has 3 atom stereocenters. The molecule has 14 heavy (non-hydrogen) atoms. The van der Waals surface area contributed by atoms with Gasteiger partial charge in [0.1, 0.15) is 0 Å². The van der Waals surface area contributed by atoms with Crippen LogP contribution in [-0.4, -0.2) is 12.2 Å². The van der Waals surface area contributed by atoms with Gasteiger partial charge in [0.25, 0.3) is 0 Å². The molecule has 3 unspecified atom stereocenters. The first-order chi connectivity index (χ1) is 6.54. The van der Waals surface area contributed by atoms with Crippen molar-refractivity contribution in [1.29, 1.82) is 0 Å². The molecule has 0 aromatic heterocycles. The van der Waals surface area contributed by atoms with E-state index in [-0.39, 0.29) is 5.60 Å². The third-order valence-corrected chi connectivity index (χ3v) is 4.60. The van der Waals surface area contributed by atoms with Gasteiger partial charge < -0.3 is 4.74 Å². The zero-order valence-corrected chi connectivity index (χ0v) is 10.1. The van der Waals surface area contributed by atoms with E-state index in [9.17, 15) is 0 Å². The molecule has 0 aromatic carbocycles. The summed E-state index contributed by atoms with van der Waals surface area (Å²) < 4.78 is 6.18. The lowest BCUT2D eigenvalue weighted by Gasteiger charge is -2.28. The Bertz CT molecular complexity index is 221. The van der Waals surface area contributed by atoms with Gasteiger partial charge >= 0.3 is 0 Å². The highest BCUT2D eigenvalue weighted by atomic mass is 16.5. The van der Waals surface area contributed by atoms with Gasteiger partial charge in [-0.15, -0.1) is 0 Å². The van der Waals surface area contributed by atoms with Crippen molar-refractivity contribution in [2.24, 2.45) is 17.3 Å². The van der Waals surface area contributed by atoms with E-state index in [1.54, 1.807) is 0 Å². The molecule has 82 valence electrons. The Kier molecular flexibility index (Phi) is 2.42. The van der Waals surface area contributed by atoms with Crippen LogP contribution in [0.2, 0.25) is 0 Å². The van der Waals surface area contributed by atoms with Gasteiger partial charge in [-0.3, -0.25) is 0 Å². The van der Waals surface area contributed by atoms with Gasteiger partial charge in [-0.1, -0.05) is 34.1 Å². The fourth-order valence-electron chi connectivity index (χ4n) is 3.62. The highest BCUT2D eigenvalue weighted by Gasteiger charge is 2.72. The van der Waals surface area contributed by atoms with Crippen molar-refractivity contribution in [3.05, 3.63) is 0 Å². The molecule has 0 amide bonds. The van der Waals surface area contributed by atoms with Crippen molar-refractivity contribution in [3.63, 3.8) is 0 Å². The normalized spacial score (nSPS) is 44.6. The molecular formula is C13H24O. The Labute approximate surface area is 88.2 Å². The number of hydrogen-bond donors (Lipinski definition) is 0. The number of ether oxygens (including phenoxy) is 1. The quantitative estimate of drug-likeness (QED) is 0.670. The largest absolute Gasteiger partial charge is 0.374 e. The van der Waals surface area contributed by atoms with Crippen molar-refractivity contribution in [1.82, 2.24) is 0 Å². The zero-order valence-electron chi connectivity index (χ0n) is 10.1. The van der Waals surface area contributed by atoms with Crippen LogP contribution in [0.5, 0.6) is 0 Å². The van der Waals surface area contributed by atoms with Gasteiger partial charge in [0.15, 0.2) is 0 Å². The van der Waals surface area contributed by atoms with E-state index in [4.69, 9.17) is 4.74 Å². The van der Waals surface area contributed by atoms with Crippen LogP contribution in [-0.2, 0) is 4.74 Å². The molecule has 2 rings (SSSR count). The molecule has 2 aliphatic rings. The number of fused-ring (bicyclic) bond motifs is 1. The van der Waals surface area contributed by atoms with Crippen molar-refractivity contribution in [2.45, 2.75) is 59.0 Å². The van der Waals surface area contributed by atoms with Crippen molar-refractivity contribution < 1.29 is 4.74 Å². The Balaban J connectivity index is 2.07. The minimum absolute atomic E-state index is 0.265. The Morgan fingerprint density at radius 1 is 1.29 bits per heavy atom. The molecule has 0 heterocycles. The van der Waals surface area contributed by atoms with Gasteiger partial charge in [-0.2, -0.15) is 0 Å². The van der Waals surface area contributed by atoms with E-state index in [0.29, 0.717) is 5.41 Å². The van der Waals surface area contributed by atoms with Crippen molar-refractivity contribution in [3.8, 4) is 0 Å². The molecule has 1 nitrogen and oxygen atoms in total. The molecule has 2 saturated carbocycles. The van der Waals surface area contributed by atoms with Gasteiger partial charge in [0.2, 0.25) is 0 Å². The van der Waals surface area contributed by atoms with E-state index < -0.39 is 0 Å². The fraction of sp³-hybridized carbons (Fsp3) is 1.00. The summed E-state index contributed by atoms with van der Waals surface area (Å²) in [6, 6.07) is 0. The first-order valence-corrected chi connectivity index (χ1v) is 6.18. The summed E-state index contributed by atoms with van der Waals surface area (Å²) in [5, 5.41) is 0. The van der Waals surface area contributed by atoms with Crippen molar-refractivity contribution in [2.75, 3.05) is 6.61 Å². The first kappa shape index (κ1) is 10.5. The van der Waals surface area contributed by atoms with E-state index in [1.807, 2.05) is 0 Å². The summed E-state index contributed by atoms with van der Waals surface area (Å²) in [4.78, 5) is 0. The van der Waals surface area contributed by atoms with Crippen LogP contribution >= 0.6 is 0 Å². The molecule has 0 radical (unpaired) electrons. The van der Waals surface area contributed by atoms with Gasteiger partial charge in [-0.05, 0) is 36.5 Å². The first-order valence-electron chi connectivity index (χ1n) is 6.18. The lowest BCUT2D eigenvalue weighted by Crippen LogP contribution is -2.27. The topological polar surface area (TPSA) is 9.23 Å².